The van der Waals surface area contributed by atoms with Crippen molar-refractivity contribution in [3.05, 3.63) is 34.4 Å². The number of β-amino-alcohol motifs (C(OH)–C–C–N with tert-alkyl or cyclic N) is 1. The number of urea groups is 1. The molecule has 0 unspecified atom stereocenters. The highest BCUT2D eigenvalue weighted by Gasteiger charge is 2.35. The predicted octanol–water partition coefficient (Wildman–Crippen LogP) is 2.21. The normalized spacial score (nSPS) is 21.2. The molecule has 1 fully saturated rings. The van der Waals surface area contributed by atoms with Crippen LogP contribution in [0.3, 0.4) is 0 Å². The summed E-state index contributed by atoms with van der Waals surface area (Å²) < 4.78 is 0. The van der Waals surface area contributed by atoms with Crippen LogP contribution in [0.5, 0.6) is 0 Å². The minimum absolute atomic E-state index is 0.0914. The van der Waals surface area contributed by atoms with E-state index in [4.69, 9.17) is 0 Å². The van der Waals surface area contributed by atoms with Crippen LogP contribution in [0.1, 0.15) is 35.1 Å². The number of aliphatic hydroxyl groups is 1. The maximum atomic E-state index is 12.5. The van der Waals surface area contributed by atoms with Crippen LogP contribution in [0.15, 0.2) is 12.1 Å². The van der Waals surface area contributed by atoms with Crippen LogP contribution in [-0.2, 0) is 6.54 Å². The minimum Gasteiger partial charge on any atom is -0.387 e. The lowest BCUT2D eigenvalue weighted by Crippen LogP contribution is -2.56. The fourth-order valence-corrected chi connectivity index (χ4v) is 3.77. The van der Waals surface area contributed by atoms with Crippen LogP contribution < -0.4 is 5.32 Å². The van der Waals surface area contributed by atoms with Gasteiger partial charge in [-0.05, 0) is 64.4 Å². The molecule has 1 atom stereocenters. The first-order valence-electron chi connectivity index (χ1n) is 8.67. The van der Waals surface area contributed by atoms with E-state index in [1.54, 1.807) is 4.90 Å². The van der Waals surface area contributed by atoms with Crippen LogP contribution in [0.25, 0.3) is 0 Å². The minimum atomic E-state index is -0.811. The van der Waals surface area contributed by atoms with Gasteiger partial charge in [-0.2, -0.15) is 0 Å². The topological polar surface area (TPSA) is 55.8 Å². The quantitative estimate of drug-likeness (QED) is 0.888. The summed E-state index contributed by atoms with van der Waals surface area (Å²) in [6.07, 6.45) is 1.57. The Morgan fingerprint density at radius 2 is 1.92 bits per heavy atom. The third-order valence-electron chi connectivity index (χ3n) is 4.71. The van der Waals surface area contributed by atoms with Gasteiger partial charge >= 0.3 is 6.03 Å². The summed E-state index contributed by atoms with van der Waals surface area (Å²) in [5, 5.41) is 13.7. The zero-order valence-corrected chi connectivity index (χ0v) is 15.6. The van der Waals surface area contributed by atoms with E-state index in [0.717, 1.165) is 12.8 Å². The number of hydrogen-bond acceptors (Lipinski definition) is 3. The number of likely N-dealkylation sites (tertiary alicyclic amines) is 1. The molecule has 1 aromatic rings. The number of piperidine rings is 1. The van der Waals surface area contributed by atoms with Gasteiger partial charge in [0, 0.05) is 19.6 Å². The number of benzene rings is 1. The Morgan fingerprint density at radius 1 is 1.29 bits per heavy atom. The van der Waals surface area contributed by atoms with Gasteiger partial charge in [-0.3, -0.25) is 0 Å². The third-order valence-corrected chi connectivity index (χ3v) is 4.71. The first-order chi connectivity index (χ1) is 11.2. The molecule has 0 aromatic heterocycles. The van der Waals surface area contributed by atoms with E-state index in [-0.39, 0.29) is 6.03 Å². The van der Waals surface area contributed by atoms with Gasteiger partial charge in [0.1, 0.15) is 0 Å². The van der Waals surface area contributed by atoms with Crippen molar-refractivity contribution in [2.75, 3.05) is 33.7 Å². The molecular weight excluding hydrogens is 302 g/mol. The molecule has 2 rings (SSSR count). The molecule has 1 aliphatic heterocycles. The molecule has 2 N–H and O–H groups in total. The van der Waals surface area contributed by atoms with Gasteiger partial charge in [0.2, 0.25) is 0 Å². The van der Waals surface area contributed by atoms with Crippen molar-refractivity contribution in [1.82, 2.24) is 15.1 Å². The predicted molar refractivity (Wildman–Crippen MR) is 97.2 cm³/mol. The lowest BCUT2D eigenvalue weighted by Gasteiger charge is -2.40. The van der Waals surface area contributed by atoms with E-state index in [0.29, 0.717) is 26.2 Å². The molecular formula is C19H31N3O2. The van der Waals surface area contributed by atoms with E-state index in [1.165, 1.54) is 22.3 Å². The number of aryl methyl sites for hydroxylation is 3. The molecule has 24 heavy (non-hydrogen) atoms. The molecule has 5 nitrogen and oxygen atoms in total. The standard InChI is InChI=1S/C19H31N3O2/c1-14-9-15(2)17(16(3)10-14)11-20-18(23)22-8-6-7-19(24,13-22)12-21(4)5/h9-10,24H,6-8,11-13H2,1-5H3,(H,20,23)/t19-/m0/s1. The van der Waals surface area contributed by atoms with E-state index in [9.17, 15) is 9.90 Å². The van der Waals surface area contributed by atoms with Crippen LogP contribution >= 0.6 is 0 Å². The van der Waals surface area contributed by atoms with Crippen LogP contribution in [0.4, 0.5) is 4.79 Å². The maximum Gasteiger partial charge on any atom is 0.317 e. The van der Waals surface area contributed by atoms with Crippen LogP contribution in [-0.4, -0.2) is 60.3 Å². The maximum absolute atomic E-state index is 12.5. The average molecular weight is 333 g/mol. The van der Waals surface area contributed by atoms with Gasteiger partial charge in [0.25, 0.3) is 0 Å². The second-order valence-corrected chi connectivity index (χ2v) is 7.52. The smallest absolute Gasteiger partial charge is 0.317 e. The third kappa shape index (κ3) is 4.71. The molecule has 1 heterocycles. The van der Waals surface area contributed by atoms with Crippen molar-refractivity contribution in [3.8, 4) is 0 Å². The van der Waals surface area contributed by atoms with Gasteiger partial charge in [-0.15, -0.1) is 0 Å². The summed E-state index contributed by atoms with van der Waals surface area (Å²) in [7, 11) is 3.89. The lowest BCUT2D eigenvalue weighted by molar-refractivity contribution is -0.0347. The molecule has 0 bridgehead atoms. The Bertz CT molecular complexity index is 577. The van der Waals surface area contributed by atoms with Crippen molar-refractivity contribution >= 4 is 6.03 Å². The number of rotatable bonds is 4. The van der Waals surface area contributed by atoms with Crippen molar-refractivity contribution in [2.24, 2.45) is 0 Å². The van der Waals surface area contributed by atoms with Crippen LogP contribution in [0.2, 0.25) is 0 Å². The molecule has 2 amide bonds. The zero-order chi connectivity index (χ0) is 17.9. The SMILES string of the molecule is Cc1cc(C)c(CNC(=O)N2CCC[C@](O)(CN(C)C)C2)c(C)c1. The molecule has 0 aliphatic carbocycles. The monoisotopic (exact) mass is 333 g/mol. The zero-order valence-electron chi connectivity index (χ0n) is 15.6. The fraction of sp³-hybridized carbons (Fsp3) is 0.632. The van der Waals surface area contributed by atoms with Gasteiger partial charge in [-0.25, -0.2) is 4.79 Å². The lowest BCUT2D eigenvalue weighted by atomic mass is 9.92. The molecule has 1 aliphatic rings. The highest BCUT2D eigenvalue weighted by atomic mass is 16.3. The van der Waals surface area contributed by atoms with E-state index in [1.807, 2.05) is 19.0 Å². The summed E-state index contributed by atoms with van der Waals surface area (Å²) >= 11 is 0. The summed E-state index contributed by atoms with van der Waals surface area (Å²) in [6.45, 7) is 8.45. The molecule has 0 radical (unpaired) electrons. The Labute approximate surface area is 145 Å². The number of carbonyl (C=O) groups excluding carboxylic acids is 1. The summed E-state index contributed by atoms with van der Waals surface area (Å²) in [5.41, 5.74) is 4.01. The Morgan fingerprint density at radius 3 is 2.50 bits per heavy atom. The highest BCUT2D eigenvalue weighted by molar-refractivity contribution is 5.74. The first kappa shape index (κ1) is 18.7. The van der Waals surface area contributed by atoms with Crippen LogP contribution in [0, 0.1) is 20.8 Å². The number of likely N-dealkylation sites (N-methyl/N-ethyl adjacent to an activating group) is 1. The Hall–Kier alpha value is -1.59. The van der Waals surface area contributed by atoms with Gasteiger partial charge < -0.3 is 20.2 Å². The second kappa shape index (κ2) is 7.53. The fourth-order valence-electron chi connectivity index (χ4n) is 3.77. The molecule has 1 saturated heterocycles. The van der Waals surface area contributed by atoms with E-state index >= 15 is 0 Å². The Balaban J connectivity index is 1.98. The van der Waals surface area contributed by atoms with Crippen molar-refractivity contribution in [2.45, 2.75) is 45.8 Å². The largest absolute Gasteiger partial charge is 0.387 e. The molecule has 0 saturated carbocycles. The molecule has 0 spiro atoms. The summed E-state index contributed by atoms with van der Waals surface area (Å²) in [6, 6.07) is 4.20. The van der Waals surface area contributed by atoms with E-state index in [2.05, 4.69) is 38.2 Å². The number of amides is 2. The van der Waals surface area contributed by atoms with Gasteiger partial charge in [0.15, 0.2) is 0 Å². The number of nitrogens with one attached hydrogen (secondary N) is 1. The van der Waals surface area contributed by atoms with Crippen molar-refractivity contribution < 1.29 is 9.90 Å². The summed E-state index contributed by atoms with van der Waals surface area (Å²) in [4.78, 5) is 16.2. The molecule has 134 valence electrons. The average Bonchev–Trinajstić information content (AvgIpc) is 2.44. The second-order valence-electron chi connectivity index (χ2n) is 7.52. The van der Waals surface area contributed by atoms with Crippen molar-refractivity contribution in [1.29, 1.82) is 0 Å². The Kier molecular flexibility index (Phi) is 5.88. The van der Waals surface area contributed by atoms with E-state index < -0.39 is 5.60 Å². The first-order valence-corrected chi connectivity index (χ1v) is 8.67. The van der Waals surface area contributed by atoms with Gasteiger partial charge in [-0.1, -0.05) is 17.7 Å². The number of hydrogen-bond donors (Lipinski definition) is 2. The van der Waals surface area contributed by atoms with Crippen molar-refractivity contribution in [3.63, 3.8) is 0 Å². The number of carbonyl (C=O) groups is 1. The number of nitrogens with zero attached hydrogens (tertiary/aromatic N) is 2. The van der Waals surface area contributed by atoms with Gasteiger partial charge in [0.05, 0.1) is 12.1 Å². The summed E-state index contributed by atoms with van der Waals surface area (Å²) in [5.74, 6) is 0. The highest BCUT2D eigenvalue weighted by Crippen LogP contribution is 2.22. The molecule has 5 heteroatoms. The molecule has 1 aromatic carbocycles.